The number of aromatic amines is 1. The highest BCUT2D eigenvalue weighted by atomic mass is 32.1. The van der Waals surface area contributed by atoms with Gasteiger partial charge < -0.3 is 4.98 Å². The molecule has 5 heteroatoms. The van der Waals surface area contributed by atoms with Gasteiger partial charge in [0.2, 0.25) is 0 Å². The van der Waals surface area contributed by atoms with Crippen LogP contribution < -0.4 is 0 Å². The number of rotatable bonds is 3. The molecule has 102 valence electrons. The van der Waals surface area contributed by atoms with Gasteiger partial charge in [-0.05, 0) is 32.9 Å². The van der Waals surface area contributed by atoms with Gasteiger partial charge in [-0.1, -0.05) is 6.92 Å². The Bertz CT molecular complexity index is 523. The molecular weight excluding hydrogens is 256 g/mol. The molecule has 0 aromatic carbocycles. The number of likely N-dealkylation sites (tertiary alicyclic amines) is 1. The van der Waals surface area contributed by atoms with Crippen LogP contribution >= 0.6 is 11.3 Å². The topological polar surface area (TPSA) is 44.8 Å². The van der Waals surface area contributed by atoms with Crippen LogP contribution in [0.25, 0.3) is 0 Å². The summed E-state index contributed by atoms with van der Waals surface area (Å²) in [7, 11) is 0. The molecule has 1 aliphatic heterocycles. The quantitative estimate of drug-likeness (QED) is 0.937. The zero-order valence-corrected chi connectivity index (χ0v) is 12.3. The van der Waals surface area contributed by atoms with Gasteiger partial charge in [0.15, 0.2) is 0 Å². The monoisotopic (exact) mass is 276 g/mol. The lowest BCUT2D eigenvalue weighted by Crippen LogP contribution is -2.40. The first-order valence-corrected chi connectivity index (χ1v) is 7.61. The highest BCUT2D eigenvalue weighted by Gasteiger charge is 2.34. The van der Waals surface area contributed by atoms with Gasteiger partial charge in [0.05, 0.1) is 11.6 Å². The predicted octanol–water partition coefficient (Wildman–Crippen LogP) is 2.73. The van der Waals surface area contributed by atoms with Crippen LogP contribution in [0.4, 0.5) is 0 Å². The SMILES string of the molecule is Cc1cnc(C2(C)CCN(Cc3ncc[nH]3)CC2)s1. The third-order valence-corrected chi connectivity index (χ3v) is 5.24. The van der Waals surface area contributed by atoms with Gasteiger partial charge in [-0.3, -0.25) is 4.90 Å². The van der Waals surface area contributed by atoms with Crippen molar-refractivity contribution in [2.75, 3.05) is 13.1 Å². The van der Waals surface area contributed by atoms with Crippen molar-refractivity contribution < 1.29 is 0 Å². The maximum atomic E-state index is 4.59. The molecule has 0 radical (unpaired) electrons. The molecule has 0 saturated carbocycles. The minimum absolute atomic E-state index is 0.262. The molecule has 3 rings (SSSR count). The van der Waals surface area contributed by atoms with Crippen molar-refractivity contribution in [1.29, 1.82) is 0 Å². The maximum Gasteiger partial charge on any atom is 0.120 e. The summed E-state index contributed by atoms with van der Waals surface area (Å²) < 4.78 is 0. The summed E-state index contributed by atoms with van der Waals surface area (Å²) in [6, 6.07) is 0. The Morgan fingerprint density at radius 2 is 2.16 bits per heavy atom. The number of imidazole rings is 1. The average molecular weight is 276 g/mol. The van der Waals surface area contributed by atoms with Gasteiger partial charge in [-0.2, -0.15) is 0 Å². The molecule has 2 aromatic heterocycles. The van der Waals surface area contributed by atoms with Crippen molar-refractivity contribution in [3.8, 4) is 0 Å². The number of H-pyrrole nitrogens is 1. The molecule has 19 heavy (non-hydrogen) atoms. The molecular formula is C14H20N4S. The summed E-state index contributed by atoms with van der Waals surface area (Å²) in [6.07, 6.45) is 8.07. The van der Waals surface area contributed by atoms with Gasteiger partial charge in [-0.15, -0.1) is 11.3 Å². The predicted molar refractivity (Wildman–Crippen MR) is 77.3 cm³/mol. The van der Waals surface area contributed by atoms with Crippen LogP contribution in [0.3, 0.4) is 0 Å². The van der Waals surface area contributed by atoms with Crippen molar-refractivity contribution in [2.45, 2.75) is 38.6 Å². The van der Waals surface area contributed by atoms with Crippen LogP contribution in [0.5, 0.6) is 0 Å². The van der Waals surface area contributed by atoms with E-state index in [1.165, 1.54) is 22.7 Å². The van der Waals surface area contributed by atoms with E-state index in [0.717, 1.165) is 25.5 Å². The number of aromatic nitrogens is 3. The van der Waals surface area contributed by atoms with Crippen LogP contribution in [0.2, 0.25) is 0 Å². The smallest absolute Gasteiger partial charge is 0.120 e. The van der Waals surface area contributed by atoms with Gasteiger partial charge >= 0.3 is 0 Å². The molecule has 0 bridgehead atoms. The first kappa shape index (κ1) is 12.8. The first-order valence-electron chi connectivity index (χ1n) is 6.79. The Hall–Kier alpha value is -1.20. The molecule has 4 nitrogen and oxygen atoms in total. The molecule has 0 atom stereocenters. The summed E-state index contributed by atoms with van der Waals surface area (Å²) in [5.74, 6) is 1.06. The molecule has 0 unspecified atom stereocenters. The molecule has 0 aliphatic carbocycles. The van der Waals surface area contributed by atoms with Crippen LogP contribution in [0, 0.1) is 6.92 Å². The second-order valence-corrected chi connectivity index (χ2v) is 6.88. The van der Waals surface area contributed by atoms with Crippen LogP contribution in [0.15, 0.2) is 18.6 Å². The highest BCUT2D eigenvalue weighted by Crippen LogP contribution is 2.37. The van der Waals surface area contributed by atoms with E-state index in [4.69, 9.17) is 0 Å². The maximum absolute atomic E-state index is 4.59. The average Bonchev–Trinajstić information content (AvgIpc) is 3.04. The summed E-state index contributed by atoms with van der Waals surface area (Å²) in [5, 5.41) is 1.31. The van der Waals surface area contributed by atoms with E-state index >= 15 is 0 Å². The second kappa shape index (κ2) is 5.06. The van der Waals surface area contributed by atoms with E-state index in [2.05, 4.69) is 33.7 Å². The lowest BCUT2D eigenvalue weighted by molar-refractivity contribution is 0.159. The fraction of sp³-hybridized carbons (Fsp3) is 0.571. The molecule has 0 spiro atoms. The standard InChI is InChI=1S/C14H20N4S/c1-11-9-17-13(19-11)14(2)3-7-18(8-4-14)10-12-15-5-6-16-12/h5-6,9H,3-4,7-8,10H2,1-2H3,(H,15,16). The van der Waals surface area contributed by atoms with Gasteiger partial charge in [-0.25, -0.2) is 9.97 Å². The number of hydrogen-bond acceptors (Lipinski definition) is 4. The molecule has 3 heterocycles. The zero-order chi connectivity index (χ0) is 13.3. The third kappa shape index (κ3) is 2.72. The lowest BCUT2D eigenvalue weighted by Gasteiger charge is -2.37. The number of hydrogen-bond donors (Lipinski definition) is 1. The molecule has 1 saturated heterocycles. The fourth-order valence-corrected chi connectivity index (χ4v) is 3.61. The number of thiazole rings is 1. The van der Waals surface area contributed by atoms with Gasteiger partial charge in [0.25, 0.3) is 0 Å². The molecule has 1 fully saturated rings. The summed E-state index contributed by atoms with van der Waals surface area (Å²) in [4.78, 5) is 15.9. The lowest BCUT2D eigenvalue weighted by atomic mass is 9.81. The Kier molecular flexibility index (Phi) is 3.41. The second-order valence-electron chi connectivity index (χ2n) is 5.65. The summed E-state index contributed by atoms with van der Waals surface area (Å²) in [5.41, 5.74) is 0.262. The van der Waals surface area contributed by atoms with Crippen molar-refractivity contribution in [3.63, 3.8) is 0 Å². The largest absolute Gasteiger partial charge is 0.348 e. The van der Waals surface area contributed by atoms with Gasteiger partial charge in [0.1, 0.15) is 5.82 Å². The van der Waals surface area contributed by atoms with Crippen molar-refractivity contribution in [3.05, 3.63) is 34.3 Å². The Morgan fingerprint density at radius 1 is 1.37 bits per heavy atom. The van der Waals surface area contributed by atoms with E-state index in [1.807, 2.05) is 29.9 Å². The molecule has 0 amide bonds. The zero-order valence-electron chi connectivity index (χ0n) is 11.5. The van der Waals surface area contributed by atoms with E-state index < -0.39 is 0 Å². The Labute approximate surface area is 117 Å². The van der Waals surface area contributed by atoms with Gasteiger partial charge in [0, 0.05) is 28.9 Å². The third-order valence-electron chi connectivity index (χ3n) is 4.03. The molecule has 2 aromatic rings. The van der Waals surface area contributed by atoms with E-state index in [9.17, 15) is 0 Å². The van der Waals surface area contributed by atoms with E-state index in [1.54, 1.807) is 0 Å². The summed E-state index contributed by atoms with van der Waals surface area (Å²) in [6.45, 7) is 7.66. The van der Waals surface area contributed by atoms with Crippen LogP contribution in [0.1, 0.15) is 35.5 Å². The van der Waals surface area contributed by atoms with E-state index in [0.29, 0.717) is 0 Å². The van der Waals surface area contributed by atoms with Crippen molar-refractivity contribution in [1.82, 2.24) is 19.9 Å². The normalized spacial score (nSPS) is 19.7. The number of piperidine rings is 1. The molecule has 1 aliphatic rings. The number of nitrogens with one attached hydrogen (secondary N) is 1. The fourth-order valence-electron chi connectivity index (χ4n) is 2.65. The number of aryl methyl sites for hydroxylation is 1. The van der Waals surface area contributed by atoms with Crippen molar-refractivity contribution in [2.24, 2.45) is 0 Å². The summed E-state index contributed by atoms with van der Waals surface area (Å²) >= 11 is 1.85. The van der Waals surface area contributed by atoms with Crippen LogP contribution in [-0.4, -0.2) is 32.9 Å². The Morgan fingerprint density at radius 3 is 2.74 bits per heavy atom. The number of nitrogens with zero attached hydrogens (tertiary/aromatic N) is 3. The Balaban J connectivity index is 1.62. The minimum Gasteiger partial charge on any atom is -0.348 e. The van der Waals surface area contributed by atoms with E-state index in [-0.39, 0.29) is 5.41 Å². The van der Waals surface area contributed by atoms with Crippen LogP contribution in [-0.2, 0) is 12.0 Å². The van der Waals surface area contributed by atoms with Crippen molar-refractivity contribution >= 4 is 11.3 Å². The first-order chi connectivity index (χ1) is 9.16. The minimum atomic E-state index is 0.262. The molecule has 1 N–H and O–H groups in total. The highest BCUT2D eigenvalue weighted by molar-refractivity contribution is 7.11.